The predicted molar refractivity (Wildman–Crippen MR) is 69.3 cm³/mol. The zero-order valence-corrected chi connectivity index (χ0v) is 11.1. The minimum absolute atomic E-state index is 0.0495. The Bertz CT molecular complexity index is 662. The minimum Gasteiger partial charge on any atom is -0.467 e. The van der Waals surface area contributed by atoms with Gasteiger partial charge < -0.3 is 30.5 Å². The Morgan fingerprint density at radius 1 is 1.38 bits per heavy atom. The van der Waals surface area contributed by atoms with Crippen molar-refractivity contribution in [3.63, 3.8) is 0 Å². The number of methoxy groups -OCH3 is 1. The molecular weight excluding hydrogens is 282 g/mol. The van der Waals surface area contributed by atoms with E-state index in [0.717, 1.165) is 0 Å². The van der Waals surface area contributed by atoms with Gasteiger partial charge in [-0.05, 0) is 0 Å². The SMILES string of the molecule is COc1nc(N)c2ncn(C3O[C@H](CO)[C@@H](O)C3O)c2n1. The maximum absolute atomic E-state index is 10.0. The van der Waals surface area contributed by atoms with Crippen molar-refractivity contribution in [2.24, 2.45) is 0 Å². The van der Waals surface area contributed by atoms with Crippen LogP contribution in [0, 0.1) is 0 Å². The van der Waals surface area contributed by atoms with E-state index in [1.807, 2.05) is 0 Å². The number of hydrogen-bond donors (Lipinski definition) is 4. The lowest BCUT2D eigenvalue weighted by atomic mass is 10.1. The van der Waals surface area contributed by atoms with Crippen molar-refractivity contribution in [1.29, 1.82) is 0 Å². The van der Waals surface area contributed by atoms with Crippen molar-refractivity contribution in [3.05, 3.63) is 6.33 Å². The highest BCUT2D eigenvalue weighted by atomic mass is 16.6. The van der Waals surface area contributed by atoms with Crippen LogP contribution in [0.2, 0.25) is 0 Å². The van der Waals surface area contributed by atoms with Gasteiger partial charge in [0.2, 0.25) is 0 Å². The fourth-order valence-electron chi connectivity index (χ4n) is 2.30. The van der Waals surface area contributed by atoms with Gasteiger partial charge in [-0.15, -0.1) is 0 Å². The van der Waals surface area contributed by atoms with E-state index >= 15 is 0 Å². The molecular formula is C11H15N5O5. The minimum atomic E-state index is -1.23. The Kier molecular flexibility index (Phi) is 3.37. The zero-order chi connectivity index (χ0) is 15.1. The standard InChI is InChI=1S/C11H15N5O5/c1-20-11-14-8(12)5-9(15-11)16(3-13-5)10-7(19)6(18)4(2-17)21-10/h3-4,6-7,10,17-19H,2H2,1H3,(H2,12,14,15)/t4-,6-,7?,10?/m1/s1. The molecule has 1 aliphatic heterocycles. The molecule has 3 heterocycles. The monoisotopic (exact) mass is 297 g/mol. The number of anilines is 1. The van der Waals surface area contributed by atoms with Crippen molar-refractivity contribution in [2.75, 3.05) is 19.5 Å². The summed E-state index contributed by atoms with van der Waals surface area (Å²) in [5, 5.41) is 29.0. The van der Waals surface area contributed by atoms with E-state index in [1.54, 1.807) is 0 Å². The first kappa shape index (κ1) is 13.9. The van der Waals surface area contributed by atoms with Crippen molar-refractivity contribution in [3.8, 4) is 6.01 Å². The molecule has 0 amide bonds. The number of aliphatic hydroxyl groups is 3. The number of nitrogens with zero attached hydrogens (tertiary/aromatic N) is 4. The van der Waals surface area contributed by atoms with E-state index in [9.17, 15) is 10.2 Å². The molecule has 0 bridgehead atoms. The van der Waals surface area contributed by atoms with Crippen LogP contribution >= 0.6 is 0 Å². The topological polar surface area (TPSA) is 149 Å². The van der Waals surface area contributed by atoms with Gasteiger partial charge in [0.05, 0.1) is 20.0 Å². The van der Waals surface area contributed by atoms with E-state index in [1.165, 1.54) is 18.0 Å². The number of nitrogen functional groups attached to an aromatic ring is 1. The Labute approximate surface area is 118 Å². The lowest BCUT2D eigenvalue weighted by Gasteiger charge is -2.16. The summed E-state index contributed by atoms with van der Waals surface area (Å²) >= 11 is 0. The average molecular weight is 297 g/mol. The highest BCUT2D eigenvalue weighted by Crippen LogP contribution is 2.32. The van der Waals surface area contributed by atoms with Crippen molar-refractivity contribution < 1.29 is 24.8 Å². The molecule has 1 fully saturated rings. The lowest BCUT2D eigenvalue weighted by Crippen LogP contribution is -2.33. The summed E-state index contributed by atoms with van der Waals surface area (Å²) in [5.41, 5.74) is 6.39. The molecule has 2 aromatic heterocycles. The third-order valence-corrected chi connectivity index (χ3v) is 3.40. The van der Waals surface area contributed by atoms with Crippen LogP contribution in [-0.4, -0.2) is 66.9 Å². The molecule has 2 aromatic rings. The number of hydrogen-bond acceptors (Lipinski definition) is 9. The fraction of sp³-hybridized carbons (Fsp3) is 0.545. The van der Waals surface area contributed by atoms with Gasteiger partial charge in [-0.3, -0.25) is 4.57 Å². The summed E-state index contributed by atoms with van der Waals surface area (Å²) in [6.45, 7) is -0.415. The molecule has 2 unspecified atom stereocenters. The van der Waals surface area contributed by atoms with Crippen LogP contribution in [0.4, 0.5) is 5.82 Å². The second-order valence-corrected chi connectivity index (χ2v) is 4.65. The van der Waals surface area contributed by atoms with Gasteiger partial charge in [-0.25, -0.2) is 4.98 Å². The van der Waals surface area contributed by atoms with E-state index in [0.29, 0.717) is 11.2 Å². The van der Waals surface area contributed by atoms with Crippen LogP contribution in [0.5, 0.6) is 6.01 Å². The zero-order valence-electron chi connectivity index (χ0n) is 11.1. The van der Waals surface area contributed by atoms with E-state index in [-0.39, 0.29) is 11.8 Å². The molecule has 10 heteroatoms. The predicted octanol–water partition coefficient (Wildman–Crippen LogP) is -1.97. The maximum atomic E-state index is 10.0. The molecule has 0 radical (unpaired) electrons. The van der Waals surface area contributed by atoms with Crippen molar-refractivity contribution >= 4 is 17.0 Å². The molecule has 1 saturated heterocycles. The van der Waals surface area contributed by atoms with Crippen LogP contribution in [0.15, 0.2) is 6.33 Å². The third-order valence-electron chi connectivity index (χ3n) is 3.40. The van der Waals surface area contributed by atoms with E-state index < -0.39 is 31.1 Å². The van der Waals surface area contributed by atoms with Gasteiger partial charge in [0.1, 0.15) is 18.3 Å². The molecule has 10 nitrogen and oxygen atoms in total. The summed E-state index contributed by atoms with van der Waals surface area (Å²) in [7, 11) is 1.40. The van der Waals surface area contributed by atoms with Crippen molar-refractivity contribution in [2.45, 2.75) is 24.5 Å². The van der Waals surface area contributed by atoms with Crippen LogP contribution < -0.4 is 10.5 Å². The summed E-state index contributed by atoms with van der Waals surface area (Å²) in [4.78, 5) is 12.1. The van der Waals surface area contributed by atoms with Gasteiger partial charge in [0.25, 0.3) is 0 Å². The fourth-order valence-corrected chi connectivity index (χ4v) is 2.30. The average Bonchev–Trinajstić information content (AvgIpc) is 3.02. The number of ether oxygens (including phenoxy) is 2. The van der Waals surface area contributed by atoms with Crippen LogP contribution in [-0.2, 0) is 4.74 Å². The second kappa shape index (κ2) is 5.07. The molecule has 3 rings (SSSR count). The summed E-state index contributed by atoms with van der Waals surface area (Å²) < 4.78 is 11.8. The number of fused-ring (bicyclic) bond motifs is 1. The highest BCUT2D eigenvalue weighted by Gasteiger charge is 2.44. The highest BCUT2D eigenvalue weighted by molar-refractivity contribution is 5.82. The summed E-state index contributed by atoms with van der Waals surface area (Å²) in [5.74, 6) is 0.127. The molecule has 1 aliphatic rings. The molecule has 114 valence electrons. The van der Waals surface area contributed by atoms with Crippen LogP contribution in [0.3, 0.4) is 0 Å². The van der Waals surface area contributed by atoms with Gasteiger partial charge in [-0.2, -0.15) is 9.97 Å². The summed E-state index contributed by atoms with van der Waals surface area (Å²) in [6.07, 6.45) is -2.90. The van der Waals surface area contributed by atoms with E-state index in [2.05, 4.69) is 15.0 Å². The van der Waals surface area contributed by atoms with E-state index in [4.69, 9.17) is 20.3 Å². The maximum Gasteiger partial charge on any atom is 0.320 e. The van der Waals surface area contributed by atoms with Gasteiger partial charge >= 0.3 is 6.01 Å². The largest absolute Gasteiger partial charge is 0.467 e. The Hall–Kier alpha value is -2.01. The smallest absolute Gasteiger partial charge is 0.320 e. The second-order valence-electron chi connectivity index (χ2n) is 4.65. The number of aromatic nitrogens is 4. The van der Waals surface area contributed by atoms with Gasteiger partial charge in [-0.1, -0.05) is 0 Å². The molecule has 0 aromatic carbocycles. The van der Waals surface area contributed by atoms with Crippen LogP contribution in [0.25, 0.3) is 11.2 Å². The molecule has 21 heavy (non-hydrogen) atoms. The first-order chi connectivity index (χ1) is 10.1. The number of imidazole rings is 1. The molecule has 0 aliphatic carbocycles. The Balaban J connectivity index is 2.07. The molecule has 5 N–H and O–H groups in total. The van der Waals surface area contributed by atoms with Crippen molar-refractivity contribution in [1.82, 2.24) is 19.5 Å². The quantitative estimate of drug-likeness (QED) is 0.506. The lowest BCUT2D eigenvalue weighted by molar-refractivity contribution is -0.0511. The van der Waals surface area contributed by atoms with Gasteiger partial charge in [0, 0.05) is 0 Å². The van der Waals surface area contributed by atoms with Crippen LogP contribution in [0.1, 0.15) is 6.23 Å². The molecule has 0 spiro atoms. The third kappa shape index (κ3) is 2.08. The normalized spacial score (nSPS) is 29.1. The Morgan fingerprint density at radius 2 is 2.14 bits per heavy atom. The number of nitrogens with two attached hydrogens (primary N) is 1. The first-order valence-corrected chi connectivity index (χ1v) is 6.23. The molecule has 0 saturated carbocycles. The Morgan fingerprint density at radius 3 is 2.76 bits per heavy atom. The summed E-state index contributed by atoms with van der Waals surface area (Å²) in [6, 6.07) is 0.0495. The number of aliphatic hydroxyl groups excluding tert-OH is 3. The molecule has 4 atom stereocenters. The van der Waals surface area contributed by atoms with Gasteiger partial charge in [0.15, 0.2) is 23.2 Å². The first-order valence-electron chi connectivity index (χ1n) is 6.23. The number of rotatable bonds is 3.